The smallest absolute Gasteiger partial charge is 0.162 e. The van der Waals surface area contributed by atoms with E-state index < -0.39 is 0 Å². The van der Waals surface area contributed by atoms with E-state index in [2.05, 4.69) is 24.4 Å². The minimum atomic E-state index is 0.750. The van der Waals surface area contributed by atoms with Crippen LogP contribution in [0.2, 0.25) is 0 Å². The molecule has 4 heteroatoms. The normalized spacial score (nSPS) is 14.2. The molecule has 0 aliphatic carbocycles. The van der Waals surface area contributed by atoms with Gasteiger partial charge in [0.15, 0.2) is 11.5 Å². The Morgan fingerprint density at radius 3 is 2.84 bits per heavy atom. The highest BCUT2D eigenvalue weighted by molar-refractivity contribution is 7.99. The van der Waals surface area contributed by atoms with Gasteiger partial charge < -0.3 is 14.8 Å². The van der Waals surface area contributed by atoms with Gasteiger partial charge in [-0.3, -0.25) is 0 Å². The quantitative estimate of drug-likeness (QED) is 0.613. The fraction of sp³-hybridized carbons (Fsp3) is 0.600. The fourth-order valence-corrected chi connectivity index (χ4v) is 2.74. The zero-order chi connectivity index (χ0) is 13.3. The van der Waals surface area contributed by atoms with Crippen LogP contribution >= 0.6 is 11.8 Å². The van der Waals surface area contributed by atoms with Gasteiger partial charge >= 0.3 is 0 Å². The predicted octanol–water partition coefficient (Wildman–Crippen LogP) is 3.33. The number of benzene rings is 1. The van der Waals surface area contributed by atoms with Gasteiger partial charge in [-0.15, -0.1) is 11.8 Å². The van der Waals surface area contributed by atoms with Gasteiger partial charge in [0.2, 0.25) is 0 Å². The average Bonchev–Trinajstić information content (AvgIpc) is 2.67. The standard InChI is InChI=1S/C15H23NO2S/c1-2-3-7-16-8-11-19-13-5-6-14-15(12-13)18-10-4-9-17-14/h5-6,12,16H,2-4,7-11H2,1H3. The first-order valence-electron chi connectivity index (χ1n) is 7.13. The van der Waals surface area contributed by atoms with Gasteiger partial charge in [0, 0.05) is 23.6 Å². The van der Waals surface area contributed by atoms with E-state index in [1.807, 2.05) is 17.8 Å². The fourth-order valence-electron chi connectivity index (χ4n) is 1.90. The van der Waals surface area contributed by atoms with Gasteiger partial charge in [0.05, 0.1) is 13.2 Å². The summed E-state index contributed by atoms with van der Waals surface area (Å²) in [5.74, 6) is 2.85. The molecule has 0 spiro atoms. The third kappa shape index (κ3) is 4.96. The van der Waals surface area contributed by atoms with E-state index in [1.165, 1.54) is 17.7 Å². The molecule has 1 aromatic rings. The van der Waals surface area contributed by atoms with Crippen molar-refractivity contribution < 1.29 is 9.47 Å². The topological polar surface area (TPSA) is 30.5 Å². The zero-order valence-electron chi connectivity index (χ0n) is 11.6. The Kier molecular flexibility index (Phi) is 6.37. The summed E-state index contributed by atoms with van der Waals surface area (Å²) in [5, 5.41) is 3.45. The van der Waals surface area contributed by atoms with Gasteiger partial charge in [-0.25, -0.2) is 0 Å². The molecule has 1 aliphatic heterocycles. The summed E-state index contributed by atoms with van der Waals surface area (Å²) in [6, 6.07) is 6.23. The Labute approximate surface area is 120 Å². The lowest BCUT2D eigenvalue weighted by Gasteiger charge is -2.09. The molecule has 0 atom stereocenters. The van der Waals surface area contributed by atoms with E-state index in [4.69, 9.17) is 9.47 Å². The maximum absolute atomic E-state index is 5.69. The molecule has 19 heavy (non-hydrogen) atoms. The molecule has 0 aromatic heterocycles. The molecular weight excluding hydrogens is 258 g/mol. The summed E-state index contributed by atoms with van der Waals surface area (Å²) >= 11 is 1.86. The number of rotatable bonds is 7. The van der Waals surface area contributed by atoms with Crippen molar-refractivity contribution in [2.45, 2.75) is 31.1 Å². The van der Waals surface area contributed by atoms with Crippen molar-refractivity contribution in [1.29, 1.82) is 0 Å². The largest absolute Gasteiger partial charge is 0.490 e. The summed E-state index contributed by atoms with van der Waals surface area (Å²) in [4.78, 5) is 1.25. The van der Waals surface area contributed by atoms with Gasteiger partial charge in [-0.05, 0) is 31.2 Å². The van der Waals surface area contributed by atoms with Crippen molar-refractivity contribution in [2.75, 3.05) is 32.1 Å². The summed E-state index contributed by atoms with van der Waals surface area (Å²) in [7, 11) is 0. The molecule has 1 aromatic carbocycles. The van der Waals surface area contributed by atoms with Crippen LogP contribution in [-0.2, 0) is 0 Å². The average molecular weight is 281 g/mol. The van der Waals surface area contributed by atoms with E-state index in [0.717, 1.165) is 50.0 Å². The molecule has 0 bridgehead atoms. The second-order valence-electron chi connectivity index (χ2n) is 4.61. The minimum absolute atomic E-state index is 0.750. The zero-order valence-corrected chi connectivity index (χ0v) is 12.4. The molecule has 106 valence electrons. The summed E-state index contributed by atoms with van der Waals surface area (Å²) in [6.07, 6.45) is 3.47. The molecule has 0 radical (unpaired) electrons. The minimum Gasteiger partial charge on any atom is -0.490 e. The number of hydrogen-bond donors (Lipinski definition) is 1. The van der Waals surface area contributed by atoms with E-state index in [1.54, 1.807) is 0 Å². The van der Waals surface area contributed by atoms with Crippen molar-refractivity contribution in [3.8, 4) is 11.5 Å². The molecule has 0 fully saturated rings. The molecule has 0 saturated heterocycles. The number of ether oxygens (including phenoxy) is 2. The molecule has 0 saturated carbocycles. The lowest BCUT2D eigenvalue weighted by Crippen LogP contribution is -2.18. The van der Waals surface area contributed by atoms with Crippen LogP contribution < -0.4 is 14.8 Å². The van der Waals surface area contributed by atoms with Crippen LogP contribution in [0.1, 0.15) is 26.2 Å². The second-order valence-corrected chi connectivity index (χ2v) is 5.78. The molecule has 3 nitrogen and oxygen atoms in total. The number of thioether (sulfide) groups is 1. The second kappa shape index (κ2) is 8.33. The van der Waals surface area contributed by atoms with Crippen LogP contribution in [0.4, 0.5) is 0 Å². The highest BCUT2D eigenvalue weighted by Gasteiger charge is 2.10. The predicted molar refractivity (Wildman–Crippen MR) is 80.6 cm³/mol. The van der Waals surface area contributed by atoms with E-state index in [9.17, 15) is 0 Å². The Morgan fingerprint density at radius 2 is 2.00 bits per heavy atom. The van der Waals surface area contributed by atoms with Crippen LogP contribution in [0.15, 0.2) is 23.1 Å². The highest BCUT2D eigenvalue weighted by Crippen LogP contribution is 2.33. The molecule has 0 unspecified atom stereocenters. The Bertz CT molecular complexity index is 384. The van der Waals surface area contributed by atoms with Crippen LogP contribution in [0.25, 0.3) is 0 Å². The number of hydrogen-bond acceptors (Lipinski definition) is 4. The van der Waals surface area contributed by atoms with Gasteiger partial charge in [0.25, 0.3) is 0 Å². The Morgan fingerprint density at radius 1 is 1.16 bits per heavy atom. The number of nitrogens with one attached hydrogen (secondary N) is 1. The summed E-state index contributed by atoms with van der Waals surface area (Å²) in [6.45, 7) is 5.89. The molecular formula is C15H23NO2S. The number of unbranched alkanes of at least 4 members (excludes halogenated alkanes) is 1. The first-order valence-corrected chi connectivity index (χ1v) is 8.12. The van der Waals surface area contributed by atoms with Crippen LogP contribution in [0, 0.1) is 0 Å². The maximum Gasteiger partial charge on any atom is 0.162 e. The van der Waals surface area contributed by atoms with E-state index in [0.29, 0.717) is 0 Å². The Hall–Kier alpha value is -0.870. The molecule has 2 rings (SSSR count). The Balaban J connectivity index is 1.76. The van der Waals surface area contributed by atoms with E-state index in [-0.39, 0.29) is 0 Å². The summed E-state index contributed by atoms with van der Waals surface area (Å²) in [5.41, 5.74) is 0. The van der Waals surface area contributed by atoms with Crippen LogP contribution in [-0.4, -0.2) is 32.1 Å². The van der Waals surface area contributed by atoms with Crippen molar-refractivity contribution in [3.05, 3.63) is 18.2 Å². The van der Waals surface area contributed by atoms with Crippen LogP contribution in [0.3, 0.4) is 0 Å². The van der Waals surface area contributed by atoms with Crippen LogP contribution in [0.5, 0.6) is 11.5 Å². The van der Waals surface area contributed by atoms with Crippen molar-refractivity contribution in [3.63, 3.8) is 0 Å². The highest BCUT2D eigenvalue weighted by atomic mass is 32.2. The van der Waals surface area contributed by atoms with Crippen molar-refractivity contribution in [1.82, 2.24) is 5.32 Å². The van der Waals surface area contributed by atoms with Crippen molar-refractivity contribution in [2.24, 2.45) is 0 Å². The lowest BCUT2D eigenvalue weighted by atomic mass is 10.3. The lowest BCUT2D eigenvalue weighted by molar-refractivity contribution is 0.297. The molecule has 1 N–H and O–H groups in total. The first kappa shape index (κ1) is 14.5. The van der Waals surface area contributed by atoms with E-state index >= 15 is 0 Å². The molecule has 1 aliphatic rings. The molecule has 0 amide bonds. The van der Waals surface area contributed by atoms with Gasteiger partial charge in [0.1, 0.15) is 0 Å². The van der Waals surface area contributed by atoms with Crippen molar-refractivity contribution >= 4 is 11.8 Å². The first-order chi connectivity index (χ1) is 9.40. The van der Waals surface area contributed by atoms with Gasteiger partial charge in [-0.2, -0.15) is 0 Å². The number of fused-ring (bicyclic) bond motifs is 1. The molecule has 1 heterocycles. The third-order valence-electron chi connectivity index (χ3n) is 2.97. The maximum atomic E-state index is 5.69. The summed E-state index contributed by atoms with van der Waals surface area (Å²) < 4.78 is 11.3. The SMILES string of the molecule is CCCCNCCSc1ccc2c(c1)OCCCO2. The van der Waals surface area contributed by atoms with Gasteiger partial charge in [-0.1, -0.05) is 13.3 Å². The third-order valence-corrected chi connectivity index (χ3v) is 3.97. The monoisotopic (exact) mass is 281 g/mol.